The predicted molar refractivity (Wildman–Crippen MR) is 72.9 cm³/mol. The number of carbonyl (C=O) groups excluding carboxylic acids is 1. The Labute approximate surface area is 129 Å². The second-order valence-electron chi connectivity index (χ2n) is 5.32. The van der Waals surface area contributed by atoms with Gasteiger partial charge in [0, 0.05) is 12.0 Å². The number of alkyl halides is 3. The Morgan fingerprint density at radius 1 is 1.30 bits per heavy atom. The van der Waals surface area contributed by atoms with Crippen molar-refractivity contribution < 1.29 is 32.6 Å². The third kappa shape index (κ3) is 5.11. The van der Waals surface area contributed by atoms with Gasteiger partial charge >= 0.3 is 12.1 Å². The average molecular weight is 332 g/mol. The third-order valence-electron chi connectivity index (χ3n) is 3.54. The summed E-state index contributed by atoms with van der Waals surface area (Å²) >= 11 is 0. The summed E-state index contributed by atoms with van der Waals surface area (Å²) in [6.45, 7) is -1.44. The number of nitrogens with one attached hydrogen (secondary N) is 1. The fourth-order valence-electron chi connectivity index (χ4n) is 2.38. The van der Waals surface area contributed by atoms with Crippen molar-refractivity contribution in [2.75, 3.05) is 11.9 Å². The van der Waals surface area contributed by atoms with Crippen LogP contribution in [0.25, 0.3) is 0 Å². The van der Waals surface area contributed by atoms with Gasteiger partial charge in [-0.3, -0.25) is 9.59 Å². The molecule has 0 radical (unpaired) electrons. The number of amides is 1. The van der Waals surface area contributed by atoms with Crippen LogP contribution < -0.4 is 10.1 Å². The van der Waals surface area contributed by atoms with E-state index in [1.165, 1.54) is 18.3 Å². The number of hydrogen-bond acceptors (Lipinski definition) is 4. The lowest BCUT2D eigenvalue weighted by molar-refractivity contribution is -0.154. The number of carboxylic acid groups (broad SMARTS) is 1. The minimum Gasteiger partial charge on any atom is -0.481 e. The quantitative estimate of drug-likeness (QED) is 0.865. The molecule has 0 aliphatic heterocycles. The monoisotopic (exact) mass is 332 g/mol. The molecule has 1 aromatic heterocycles. The fourth-order valence-corrected chi connectivity index (χ4v) is 2.38. The summed E-state index contributed by atoms with van der Waals surface area (Å²) < 4.78 is 40.5. The van der Waals surface area contributed by atoms with Crippen molar-refractivity contribution in [1.82, 2.24) is 4.98 Å². The molecule has 1 aliphatic carbocycles. The maximum atomic E-state index is 12.0. The smallest absolute Gasteiger partial charge is 0.422 e. The summed E-state index contributed by atoms with van der Waals surface area (Å²) in [6, 6.07) is 2.59. The highest BCUT2D eigenvalue weighted by Crippen LogP contribution is 2.32. The number of hydrogen-bond donors (Lipinski definition) is 2. The van der Waals surface area contributed by atoms with E-state index in [0.717, 1.165) is 0 Å². The van der Waals surface area contributed by atoms with E-state index >= 15 is 0 Å². The number of ether oxygens (including phenoxy) is 1. The SMILES string of the molecule is O=C(O)[C@@H]1CC[C@H](C(=O)Nc2ccc(OCC(F)(F)F)nc2)C1. The molecule has 1 saturated carbocycles. The number of carbonyl (C=O) groups is 2. The van der Waals surface area contributed by atoms with Crippen molar-refractivity contribution >= 4 is 17.6 Å². The van der Waals surface area contributed by atoms with Gasteiger partial charge in [-0.25, -0.2) is 4.98 Å². The summed E-state index contributed by atoms with van der Waals surface area (Å²) in [4.78, 5) is 26.5. The van der Waals surface area contributed by atoms with Crippen LogP contribution in [0.3, 0.4) is 0 Å². The van der Waals surface area contributed by atoms with E-state index in [-0.39, 0.29) is 18.2 Å². The molecule has 2 atom stereocenters. The van der Waals surface area contributed by atoms with Crippen molar-refractivity contribution in [2.45, 2.75) is 25.4 Å². The third-order valence-corrected chi connectivity index (χ3v) is 3.54. The number of aliphatic carboxylic acids is 1. The van der Waals surface area contributed by atoms with E-state index in [4.69, 9.17) is 5.11 Å². The first-order valence-corrected chi connectivity index (χ1v) is 6.94. The Morgan fingerprint density at radius 2 is 2.00 bits per heavy atom. The zero-order valence-electron chi connectivity index (χ0n) is 12.0. The largest absolute Gasteiger partial charge is 0.481 e. The summed E-state index contributed by atoms with van der Waals surface area (Å²) in [5.74, 6) is -2.33. The lowest BCUT2D eigenvalue weighted by Crippen LogP contribution is -2.22. The molecule has 0 bridgehead atoms. The van der Waals surface area contributed by atoms with Crippen LogP contribution in [0.4, 0.5) is 18.9 Å². The van der Waals surface area contributed by atoms with Crippen LogP contribution in [-0.2, 0) is 9.59 Å². The van der Waals surface area contributed by atoms with E-state index in [1.54, 1.807) is 0 Å². The Morgan fingerprint density at radius 3 is 2.52 bits per heavy atom. The van der Waals surface area contributed by atoms with Crippen LogP contribution in [0.5, 0.6) is 5.88 Å². The van der Waals surface area contributed by atoms with Gasteiger partial charge in [-0.15, -0.1) is 0 Å². The molecule has 0 unspecified atom stereocenters. The van der Waals surface area contributed by atoms with Crippen LogP contribution >= 0.6 is 0 Å². The normalized spacial score (nSPS) is 21.0. The van der Waals surface area contributed by atoms with Gasteiger partial charge in [-0.05, 0) is 25.3 Å². The van der Waals surface area contributed by atoms with E-state index < -0.39 is 30.6 Å². The molecule has 0 aromatic carbocycles. The molecular formula is C14H15F3N2O4. The standard InChI is InChI=1S/C14H15F3N2O4/c15-14(16,17)7-23-11-4-3-10(6-18-11)19-12(20)8-1-2-9(5-8)13(21)22/h3-4,6,8-9H,1-2,5,7H2,(H,19,20)(H,21,22)/t8-,9+/m0/s1. The first kappa shape index (κ1) is 17.0. The summed E-state index contributed by atoms with van der Waals surface area (Å²) in [6.07, 6.45) is -2.04. The molecule has 1 aliphatic rings. The molecule has 2 rings (SSSR count). The van der Waals surface area contributed by atoms with Gasteiger partial charge in [0.2, 0.25) is 11.8 Å². The Hall–Kier alpha value is -2.32. The van der Waals surface area contributed by atoms with Crippen molar-refractivity contribution in [3.8, 4) is 5.88 Å². The van der Waals surface area contributed by atoms with Crippen molar-refractivity contribution in [3.63, 3.8) is 0 Å². The van der Waals surface area contributed by atoms with Gasteiger partial charge in [0.1, 0.15) is 0 Å². The molecule has 1 fully saturated rings. The number of aromatic nitrogens is 1. The van der Waals surface area contributed by atoms with Crippen LogP contribution in [0.1, 0.15) is 19.3 Å². The van der Waals surface area contributed by atoms with E-state index in [0.29, 0.717) is 18.5 Å². The number of rotatable bonds is 5. The highest BCUT2D eigenvalue weighted by atomic mass is 19.4. The fraction of sp³-hybridized carbons (Fsp3) is 0.500. The zero-order chi connectivity index (χ0) is 17.0. The average Bonchev–Trinajstić information content (AvgIpc) is 2.96. The van der Waals surface area contributed by atoms with Crippen LogP contribution in [-0.4, -0.2) is 34.8 Å². The number of carboxylic acids is 1. The topological polar surface area (TPSA) is 88.5 Å². The lowest BCUT2D eigenvalue weighted by Gasteiger charge is -2.11. The van der Waals surface area contributed by atoms with E-state index in [9.17, 15) is 22.8 Å². The van der Waals surface area contributed by atoms with Crippen molar-refractivity contribution in [1.29, 1.82) is 0 Å². The molecule has 1 aromatic rings. The van der Waals surface area contributed by atoms with Crippen LogP contribution in [0.15, 0.2) is 18.3 Å². The minimum absolute atomic E-state index is 0.202. The molecule has 1 amide bonds. The highest BCUT2D eigenvalue weighted by molar-refractivity contribution is 5.93. The Kier molecular flexibility index (Phi) is 5.07. The lowest BCUT2D eigenvalue weighted by atomic mass is 10.0. The van der Waals surface area contributed by atoms with Gasteiger partial charge < -0.3 is 15.2 Å². The molecule has 0 saturated heterocycles. The maximum absolute atomic E-state index is 12.0. The molecule has 6 nitrogen and oxygen atoms in total. The molecule has 9 heteroatoms. The minimum atomic E-state index is -4.45. The van der Waals surface area contributed by atoms with E-state index in [1.807, 2.05) is 0 Å². The van der Waals surface area contributed by atoms with Gasteiger partial charge in [0.15, 0.2) is 6.61 Å². The zero-order valence-corrected chi connectivity index (χ0v) is 12.0. The van der Waals surface area contributed by atoms with Gasteiger partial charge in [0.05, 0.1) is 17.8 Å². The van der Waals surface area contributed by atoms with Gasteiger partial charge in [0.25, 0.3) is 0 Å². The van der Waals surface area contributed by atoms with Gasteiger partial charge in [-0.1, -0.05) is 0 Å². The first-order valence-electron chi connectivity index (χ1n) is 6.94. The molecule has 23 heavy (non-hydrogen) atoms. The van der Waals surface area contributed by atoms with Gasteiger partial charge in [-0.2, -0.15) is 13.2 Å². The number of nitrogens with zero attached hydrogens (tertiary/aromatic N) is 1. The Bertz CT molecular complexity index is 574. The second kappa shape index (κ2) is 6.84. The van der Waals surface area contributed by atoms with Crippen LogP contribution in [0.2, 0.25) is 0 Å². The summed E-state index contributed by atoms with van der Waals surface area (Å²) in [7, 11) is 0. The number of pyridine rings is 1. The van der Waals surface area contributed by atoms with E-state index in [2.05, 4.69) is 15.0 Å². The predicted octanol–water partition coefficient (Wildman–Crippen LogP) is 2.46. The van der Waals surface area contributed by atoms with Crippen molar-refractivity contribution in [2.24, 2.45) is 11.8 Å². The maximum Gasteiger partial charge on any atom is 0.422 e. The Balaban J connectivity index is 1.86. The first-order chi connectivity index (χ1) is 10.7. The molecule has 1 heterocycles. The van der Waals surface area contributed by atoms with Crippen LogP contribution in [0, 0.1) is 11.8 Å². The number of anilines is 1. The molecular weight excluding hydrogens is 317 g/mol. The summed E-state index contributed by atoms with van der Waals surface area (Å²) in [5.41, 5.74) is 0.313. The van der Waals surface area contributed by atoms with Crippen molar-refractivity contribution in [3.05, 3.63) is 18.3 Å². The highest BCUT2D eigenvalue weighted by Gasteiger charge is 2.33. The second-order valence-corrected chi connectivity index (χ2v) is 5.32. The molecule has 2 N–H and O–H groups in total. The summed E-state index contributed by atoms with van der Waals surface area (Å²) in [5, 5.41) is 11.5. The molecule has 126 valence electrons. The molecule has 0 spiro atoms. The number of halogens is 3.